The monoisotopic (exact) mass is 338 g/mol. The van der Waals surface area contributed by atoms with Crippen molar-refractivity contribution < 1.29 is 13.6 Å². The van der Waals surface area contributed by atoms with Gasteiger partial charge in [0, 0.05) is 7.11 Å². The molecule has 0 aromatic heterocycles. The summed E-state index contributed by atoms with van der Waals surface area (Å²) in [7, 11) is 1.32. The molecule has 0 heterocycles. The Kier molecular flexibility index (Phi) is 9.17. The van der Waals surface area contributed by atoms with E-state index < -0.39 is 6.80 Å². The highest BCUT2D eigenvalue weighted by molar-refractivity contribution is 8.44. The number of hydrogen-bond donors (Lipinski definition) is 1. The molecule has 0 aliphatic heterocycles. The van der Waals surface area contributed by atoms with E-state index in [1.165, 1.54) is 18.2 Å². The van der Waals surface area contributed by atoms with E-state index in [2.05, 4.69) is 65.3 Å². The second kappa shape index (κ2) is 10.6. The van der Waals surface area contributed by atoms with Crippen LogP contribution in [-0.2, 0) is 13.6 Å². The van der Waals surface area contributed by atoms with E-state index in [4.69, 9.17) is 4.52 Å². The number of rotatable bonds is 6. The lowest BCUT2D eigenvalue weighted by Gasteiger charge is -2.08. The van der Waals surface area contributed by atoms with Crippen LogP contribution in [0.4, 0.5) is 0 Å². The molecule has 0 N–H and O–H groups in total. The summed E-state index contributed by atoms with van der Waals surface area (Å²) < 4.78 is 20.2. The molecule has 2 aromatic rings. The zero-order valence-corrected chi connectivity index (χ0v) is 14.8. The van der Waals surface area contributed by atoms with E-state index in [0.29, 0.717) is 6.61 Å². The number of benzene rings is 2. The zero-order chi connectivity index (χ0) is 16.3. The van der Waals surface area contributed by atoms with Crippen LogP contribution in [0, 0.1) is 0 Å². The molecule has 1 unspecified atom stereocenters. The van der Waals surface area contributed by atoms with Crippen LogP contribution in [0.3, 0.4) is 0 Å². The van der Waals surface area contributed by atoms with Crippen molar-refractivity contribution in [3.63, 3.8) is 0 Å². The molecule has 0 fully saturated rings. The first-order valence-corrected chi connectivity index (χ1v) is 9.92. The number of thiol groups is 1. The largest absolute Gasteiger partial charge is 0.385 e. The lowest BCUT2D eigenvalue weighted by Crippen LogP contribution is -1.89. The fraction of sp³-hybridized carbons (Fsp3) is 0.294. The van der Waals surface area contributed by atoms with Crippen LogP contribution in [0.5, 0.6) is 0 Å². The Bertz CT molecular complexity index is 523. The summed E-state index contributed by atoms with van der Waals surface area (Å²) in [6.45, 7) is -0.532. The first-order valence-electron chi connectivity index (χ1n) is 7.22. The zero-order valence-electron chi connectivity index (χ0n) is 13.0. The van der Waals surface area contributed by atoms with Gasteiger partial charge in [0.05, 0.1) is 6.61 Å². The van der Waals surface area contributed by atoms with Crippen molar-refractivity contribution in [2.45, 2.75) is 19.8 Å². The van der Waals surface area contributed by atoms with Gasteiger partial charge in [0.2, 0.25) is 0 Å². The van der Waals surface area contributed by atoms with Gasteiger partial charge < -0.3 is 9.05 Å². The van der Waals surface area contributed by atoms with Crippen LogP contribution in [0.15, 0.2) is 60.7 Å². The molecule has 1 atom stereocenters. The SMILES string of the molecule is CCCCOP(=O)(S)OC.c1ccc(-c2ccccc2)cc1. The maximum atomic E-state index is 10.9. The average Bonchev–Trinajstić information content (AvgIpc) is 2.57. The first-order chi connectivity index (χ1) is 10.6. The third-order valence-electron chi connectivity index (χ3n) is 2.86. The molecule has 2 rings (SSSR count). The van der Waals surface area contributed by atoms with Crippen molar-refractivity contribution in [2.24, 2.45) is 0 Å². The molecule has 22 heavy (non-hydrogen) atoms. The minimum atomic E-state index is -3.01. The smallest absolute Gasteiger partial charge is 0.304 e. The second-order valence-corrected chi connectivity index (χ2v) is 7.60. The molecule has 3 nitrogen and oxygen atoms in total. The minimum absolute atomic E-state index is 0.450. The molecule has 5 heteroatoms. The summed E-state index contributed by atoms with van der Waals surface area (Å²) in [5.74, 6) is 0. The van der Waals surface area contributed by atoms with Gasteiger partial charge in [-0.15, -0.1) is 0 Å². The van der Waals surface area contributed by atoms with Crippen LogP contribution < -0.4 is 0 Å². The van der Waals surface area contributed by atoms with Crippen LogP contribution in [0.25, 0.3) is 11.1 Å². The molecule has 120 valence electrons. The Balaban J connectivity index is 0.000000225. The highest BCUT2D eigenvalue weighted by atomic mass is 32.7. The van der Waals surface area contributed by atoms with Crippen LogP contribution in [0.2, 0.25) is 0 Å². The molecule has 0 saturated heterocycles. The summed E-state index contributed by atoms with van der Waals surface area (Å²) >= 11 is 3.67. The third kappa shape index (κ3) is 7.81. The summed E-state index contributed by atoms with van der Waals surface area (Å²) in [6.07, 6.45) is 1.89. The van der Waals surface area contributed by atoms with Gasteiger partial charge in [-0.2, -0.15) is 0 Å². The Labute approximate surface area is 138 Å². The predicted molar refractivity (Wildman–Crippen MR) is 96.3 cm³/mol. The second-order valence-electron chi connectivity index (χ2n) is 4.57. The van der Waals surface area contributed by atoms with Crippen molar-refractivity contribution in [1.29, 1.82) is 0 Å². The fourth-order valence-electron chi connectivity index (χ4n) is 1.64. The van der Waals surface area contributed by atoms with Gasteiger partial charge in [0.25, 0.3) is 0 Å². The van der Waals surface area contributed by atoms with Crippen molar-refractivity contribution in [3.05, 3.63) is 60.7 Å². The van der Waals surface area contributed by atoms with Gasteiger partial charge in [-0.3, -0.25) is 0 Å². The van der Waals surface area contributed by atoms with Gasteiger partial charge in [-0.25, -0.2) is 4.57 Å². The van der Waals surface area contributed by atoms with Crippen molar-refractivity contribution in [3.8, 4) is 11.1 Å². The summed E-state index contributed by atoms with van der Waals surface area (Å²) in [5, 5.41) is 0. The molecule has 0 amide bonds. The topological polar surface area (TPSA) is 35.5 Å². The average molecular weight is 338 g/mol. The molecule has 0 saturated carbocycles. The Morgan fingerprint density at radius 1 is 0.955 bits per heavy atom. The standard InChI is InChI=1S/C12H10.C5H13O3PS/c1-3-7-11(8-4-1)12-9-5-2-6-10-12;1-3-4-5-8-9(6,10)7-2/h1-10H;3-5H2,1-2H3,(H,6,10). The molecular formula is C17H23O3PS. The molecule has 0 radical (unpaired) electrons. The van der Waals surface area contributed by atoms with Crippen LogP contribution in [-0.4, -0.2) is 13.7 Å². The lowest BCUT2D eigenvalue weighted by atomic mass is 10.1. The lowest BCUT2D eigenvalue weighted by molar-refractivity contribution is 0.247. The molecule has 0 spiro atoms. The van der Waals surface area contributed by atoms with E-state index in [1.54, 1.807) is 0 Å². The molecule has 0 bridgehead atoms. The van der Waals surface area contributed by atoms with Crippen LogP contribution >= 0.6 is 19.0 Å². The van der Waals surface area contributed by atoms with E-state index in [0.717, 1.165) is 12.8 Å². The number of hydrogen-bond acceptors (Lipinski definition) is 3. The van der Waals surface area contributed by atoms with E-state index in [1.807, 2.05) is 19.1 Å². The van der Waals surface area contributed by atoms with Gasteiger partial charge in [0.15, 0.2) is 0 Å². The maximum Gasteiger partial charge on any atom is 0.385 e. The van der Waals surface area contributed by atoms with Gasteiger partial charge in [0.1, 0.15) is 0 Å². The molecule has 0 aliphatic carbocycles. The normalized spacial score (nSPS) is 12.9. The Morgan fingerprint density at radius 2 is 1.41 bits per heavy atom. The fourth-order valence-corrected chi connectivity index (χ4v) is 2.35. The molecular weight excluding hydrogens is 315 g/mol. The Hall–Kier alpha value is -1.06. The van der Waals surface area contributed by atoms with Crippen molar-refractivity contribution in [2.75, 3.05) is 13.7 Å². The van der Waals surface area contributed by atoms with Crippen molar-refractivity contribution >= 4 is 19.0 Å². The van der Waals surface area contributed by atoms with Crippen LogP contribution in [0.1, 0.15) is 19.8 Å². The number of unbranched alkanes of at least 4 members (excludes halogenated alkanes) is 1. The Morgan fingerprint density at radius 3 is 1.77 bits per heavy atom. The molecule has 0 aliphatic rings. The minimum Gasteiger partial charge on any atom is -0.304 e. The summed E-state index contributed by atoms with van der Waals surface area (Å²) in [5.41, 5.74) is 2.55. The van der Waals surface area contributed by atoms with E-state index in [-0.39, 0.29) is 0 Å². The predicted octanol–water partition coefficient (Wildman–Crippen LogP) is 5.84. The molecule has 2 aromatic carbocycles. The van der Waals surface area contributed by atoms with E-state index >= 15 is 0 Å². The van der Waals surface area contributed by atoms with Gasteiger partial charge in [-0.1, -0.05) is 86.3 Å². The first kappa shape index (κ1) is 19.0. The maximum absolute atomic E-state index is 10.9. The summed E-state index contributed by atoms with van der Waals surface area (Å²) in [4.78, 5) is 0. The van der Waals surface area contributed by atoms with E-state index in [9.17, 15) is 4.57 Å². The highest BCUT2D eigenvalue weighted by Gasteiger charge is 2.14. The van der Waals surface area contributed by atoms with Crippen molar-refractivity contribution in [1.82, 2.24) is 0 Å². The van der Waals surface area contributed by atoms with Gasteiger partial charge in [-0.05, 0) is 17.5 Å². The highest BCUT2D eigenvalue weighted by Crippen LogP contribution is 2.51. The van der Waals surface area contributed by atoms with Gasteiger partial charge >= 0.3 is 6.80 Å². The summed E-state index contributed by atoms with van der Waals surface area (Å²) in [6, 6.07) is 20.8. The third-order valence-corrected chi connectivity index (χ3v) is 4.67. The quantitative estimate of drug-likeness (QED) is 0.408.